The zero-order valence-corrected chi connectivity index (χ0v) is 13.5. The number of β-amino-alcohol motifs (C(OH)–C–C–N with tert-alkyl or cyclic N) is 1. The van der Waals surface area contributed by atoms with E-state index in [1.165, 1.54) is 5.56 Å². The van der Waals surface area contributed by atoms with Crippen LogP contribution in [0.5, 0.6) is 10.9 Å². The Labute approximate surface area is 139 Å². The van der Waals surface area contributed by atoms with Gasteiger partial charge in [0.05, 0.1) is 16.3 Å². The third kappa shape index (κ3) is 3.37. The normalized spacial score (nSPS) is 18.6. The van der Waals surface area contributed by atoms with E-state index in [0.717, 1.165) is 42.0 Å². The number of fused-ring (bicyclic) bond motifs is 1. The molecule has 3 aromatic rings. The van der Waals surface area contributed by atoms with Crippen molar-refractivity contribution in [1.29, 1.82) is 0 Å². The van der Waals surface area contributed by atoms with E-state index in [1.807, 2.05) is 36.4 Å². The number of thiazole rings is 1. The topological polar surface area (TPSA) is 45.6 Å². The molecule has 1 saturated heterocycles. The number of rotatable bonds is 4. The number of aromatic nitrogens is 1. The molecule has 0 aliphatic carbocycles. The van der Waals surface area contributed by atoms with Gasteiger partial charge in [-0.2, -0.15) is 0 Å². The summed E-state index contributed by atoms with van der Waals surface area (Å²) in [6, 6.07) is 16.1. The van der Waals surface area contributed by atoms with E-state index in [2.05, 4.69) is 22.0 Å². The molecule has 1 N–H and O–H groups in total. The van der Waals surface area contributed by atoms with Gasteiger partial charge in [0, 0.05) is 19.6 Å². The van der Waals surface area contributed by atoms with Gasteiger partial charge < -0.3 is 9.84 Å². The number of aliphatic hydroxyl groups excluding tert-OH is 1. The zero-order valence-electron chi connectivity index (χ0n) is 12.7. The number of hydrogen-bond acceptors (Lipinski definition) is 5. The molecule has 23 heavy (non-hydrogen) atoms. The van der Waals surface area contributed by atoms with Crippen LogP contribution in [-0.4, -0.2) is 34.2 Å². The number of benzene rings is 2. The van der Waals surface area contributed by atoms with Gasteiger partial charge in [-0.25, -0.2) is 4.98 Å². The van der Waals surface area contributed by atoms with Gasteiger partial charge in [0.25, 0.3) is 5.19 Å². The Morgan fingerprint density at radius 3 is 2.74 bits per heavy atom. The Bertz CT molecular complexity index is 767. The Morgan fingerprint density at radius 2 is 2.00 bits per heavy atom. The number of aliphatic hydroxyl groups is 1. The second kappa shape index (κ2) is 6.28. The molecule has 0 saturated carbocycles. The first-order valence-corrected chi connectivity index (χ1v) is 8.61. The molecule has 0 amide bonds. The number of para-hydroxylation sites is 1. The van der Waals surface area contributed by atoms with Crippen LogP contribution >= 0.6 is 11.3 Å². The maximum absolute atomic E-state index is 9.58. The summed E-state index contributed by atoms with van der Waals surface area (Å²) in [5, 5.41) is 10.2. The van der Waals surface area contributed by atoms with Crippen LogP contribution in [0.2, 0.25) is 0 Å². The van der Waals surface area contributed by atoms with Crippen LogP contribution in [0.4, 0.5) is 0 Å². The molecule has 4 rings (SSSR count). The quantitative estimate of drug-likeness (QED) is 0.795. The third-order valence-electron chi connectivity index (χ3n) is 4.06. The lowest BCUT2D eigenvalue weighted by molar-refractivity contribution is 0.175. The van der Waals surface area contributed by atoms with Crippen LogP contribution in [0.3, 0.4) is 0 Å². The van der Waals surface area contributed by atoms with Crippen LogP contribution in [0, 0.1) is 0 Å². The van der Waals surface area contributed by atoms with Crippen LogP contribution in [0.15, 0.2) is 48.5 Å². The number of likely N-dealkylation sites (tertiary alicyclic amines) is 1. The molecule has 1 aromatic heterocycles. The van der Waals surface area contributed by atoms with Crippen LogP contribution < -0.4 is 4.74 Å². The highest BCUT2D eigenvalue weighted by molar-refractivity contribution is 7.20. The van der Waals surface area contributed by atoms with Crippen molar-refractivity contribution in [1.82, 2.24) is 9.88 Å². The number of ether oxygens (including phenoxy) is 1. The van der Waals surface area contributed by atoms with Crippen LogP contribution in [-0.2, 0) is 6.54 Å². The molecule has 0 radical (unpaired) electrons. The lowest BCUT2D eigenvalue weighted by Crippen LogP contribution is -2.21. The Hall–Kier alpha value is -1.95. The summed E-state index contributed by atoms with van der Waals surface area (Å²) in [6.45, 7) is 2.60. The van der Waals surface area contributed by atoms with Crippen molar-refractivity contribution in [3.63, 3.8) is 0 Å². The fraction of sp³-hybridized carbons (Fsp3) is 0.278. The Balaban J connectivity index is 1.43. The minimum absolute atomic E-state index is 0.170. The summed E-state index contributed by atoms with van der Waals surface area (Å²) in [4.78, 5) is 6.75. The van der Waals surface area contributed by atoms with E-state index in [4.69, 9.17) is 4.74 Å². The Kier molecular flexibility index (Phi) is 3.99. The van der Waals surface area contributed by atoms with Crippen molar-refractivity contribution in [3.05, 3.63) is 54.1 Å². The molecular weight excluding hydrogens is 308 g/mol. The van der Waals surface area contributed by atoms with Crippen LogP contribution in [0.1, 0.15) is 12.0 Å². The van der Waals surface area contributed by atoms with Gasteiger partial charge in [0.15, 0.2) is 0 Å². The van der Waals surface area contributed by atoms with Crippen molar-refractivity contribution in [2.24, 2.45) is 0 Å². The highest BCUT2D eigenvalue weighted by Gasteiger charge is 2.19. The summed E-state index contributed by atoms with van der Waals surface area (Å²) in [6.07, 6.45) is 0.704. The molecule has 1 aliphatic heterocycles. The molecule has 5 heteroatoms. The molecule has 1 fully saturated rings. The average Bonchev–Trinajstić information content (AvgIpc) is 3.14. The van der Waals surface area contributed by atoms with E-state index in [-0.39, 0.29) is 6.10 Å². The molecule has 2 aromatic carbocycles. The van der Waals surface area contributed by atoms with Crippen LogP contribution in [0.25, 0.3) is 10.2 Å². The first kappa shape index (κ1) is 14.6. The molecule has 4 nitrogen and oxygen atoms in total. The highest BCUT2D eigenvalue weighted by Crippen LogP contribution is 2.31. The standard InChI is InChI=1S/C18H18N2O2S/c21-14-9-10-20(12-14)11-13-5-7-15(8-6-13)22-18-19-16-3-1-2-4-17(16)23-18/h1-8,14,21H,9-12H2/t14-/m1/s1. The van der Waals surface area contributed by atoms with Crippen molar-refractivity contribution in [2.45, 2.75) is 19.1 Å². The van der Waals surface area contributed by atoms with Crippen molar-refractivity contribution in [2.75, 3.05) is 13.1 Å². The third-order valence-corrected chi connectivity index (χ3v) is 4.97. The zero-order chi connectivity index (χ0) is 15.6. The number of nitrogens with zero attached hydrogens (tertiary/aromatic N) is 2. The summed E-state index contributed by atoms with van der Waals surface area (Å²) < 4.78 is 6.99. The van der Waals surface area contributed by atoms with Crippen molar-refractivity contribution in [3.8, 4) is 10.9 Å². The molecule has 2 heterocycles. The maximum Gasteiger partial charge on any atom is 0.279 e. The van der Waals surface area contributed by atoms with Gasteiger partial charge in [-0.15, -0.1) is 0 Å². The van der Waals surface area contributed by atoms with E-state index < -0.39 is 0 Å². The molecule has 1 aliphatic rings. The molecule has 0 bridgehead atoms. The van der Waals surface area contributed by atoms with Gasteiger partial charge in [-0.1, -0.05) is 35.6 Å². The summed E-state index contributed by atoms with van der Waals surface area (Å²) in [5.41, 5.74) is 2.20. The highest BCUT2D eigenvalue weighted by atomic mass is 32.1. The minimum Gasteiger partial charge on any atom is -0.431 e. The second-order valence-corrected chi connectivity index (χ2v) is 6.86. The fourth-order valence-electron chi connectivity index (χ4n) is 2.87. The molecule has 1 atom stereocenters. The summed E-state index contributed by atoms with van der Waals surface area (Å²) >= 11 is 1.55. The van der Waals surface area contributed by atoms with Gasteiger partial charge in [-0.3, -0.25) is 4.90 Å². The summed E-state index contributed by atoms with van der Waals surface area (Å²) in [5.74, 6) is 0.800. The predicted octanol–water partition coefficient (Wildman–Crippen LogP) is 3.66. The van der Waals surface area contributed by atoms with Gasteiger partial charge >= 0.3 is 0 Å². The van der Waals surface area contributed by atoms with Crippen molar-refractivity contribution < 1.29 is 9.84 Å². The molecular formula is C18H18N2O2S. The largest absolute Gasteiger partial charge is 0.431 e. The van der Waals surface area contributed by atoms with Gasteiger partial charge in [0.2, 0.25) is 0 Å². The van der Waals surface area contributed by atoms with Crippen molar-refractivity contribution >= 4 is 21.6 Å². The van der Waals surface area contributed by atoms with E-state index >= 15 is 0 Å². The predicted molar refractivity (Wildman–Crippen MR) is 92.0 cm³/mol. The lowest BCUT2D eigenvalue weighted by atomic mass is 10.2. The molecule has 0 spiro atoms. The lowest BCUT2D eigenvalue weighted by Gasteiger charge is -2.14. The smallest absolute Gasteiger partial charge is 0.279 e. The molecule has 0 unspecified atom stereocenters. The first-order chi connectivity index (χ1) is 11.3. The number of hydrogen-bond donors (Lipinski definition) is 1. The monoisotopic (exact) mass is 326 g/mol. The maximum atomic E-state index is 9.58. The summed E-state index contributed by atoms with van der Waals surface area (Å²) in [7, 11) is 0. The van der Waals surface area contributed by atoms with Gasteiger partial charge in [-0.05, 0) is 36.2 Å². The fourth-order valence-corrected chi connectivity index (χ4v) is 3.71. The SMILES string of the molecule is O[C@@H]1CCN(Cc2ccc(Oc3nc4ccccc4s3)cc2)C1. The Morgan fingerprint density at radius 1 is 1.17 bits per heavy atom. The van der Waals surface area contributed by atoms with E-state index in [0.29, 0.717) is 5.19 Å². The van der Waals surface area contributed by atoms with E-state index in [9.17, 15) is 5.11 Å². The molecule has 118 valence electrons. The average molecular weight is 326 g/mol. The second-order valence-electron chi connectivity index (χ2n) is 5.87. The minimum atomic E-state index is -0.170. The first-order valence-electron chi connectivity index (χ1n) is 7.79. The van der Waals surface area contributed by atoms with E-state index in [1.54, 1.807) is 11.3 Å². The van der Waals surface area contributed by atoms with Gasteiger partial charge in [0.1, 0.15) is 5.75 Å².